The van der Waals surface area contributed by atoms with Gasteiger partial charge >= 0.3 is 0 Å². The van der Waals surface area contributed by atoms with Crippen molar-refractivity contribution in [2.24, 2.45) is 0 Å². The average Bonchev–Trinajstić information content (AvgIpc) is 2.39. The molecule has 2 aliphatic rings. The van der Waals surface area contributed by atoms with E-state index in [-0.39, 0.29) is 5.82 Å². The number of nitrogens with zero attached hydrogens (tertiary/aromatic N) is 1. The SMILES string of the molecule is Fc1ccc(N2CCN[C@@H]3CCCC[C@H]32)cc1. The van der Waals surface area contributed by atoms with Gasteiger partial charge in [0.05, 0.1) is 0 Å². The van der Waals surface area contributed by atoms with Crippen LogP contribution in [0.15, 0.2) is 24.3 Å². The predicted molar refractivity (Wildman–Crippen MR) is 67.8 cm³/mol. The summed E-state index contributed by atoms with van der Waals surface area (Å²) in [5.41, 5.74) is 1.17. The van der Waals surface area contributed by atoms with Gasteiger partial charge in [0.2, 0.25) is 0 Å². The lowest BCUT2D eigenvalue weighted by molar-refractivity contribution is 0.284. The maximum atomic E-state index is 13.0. The molecule has 0 spiro atoms. The molecule has 1 saturated heterocycles. The molecule has 0 amide bonds. The van der Waals surface area contributed by atoms with Crippen LogP contribution in [-0.2, 0) is 0 Å². The van der Waals surface area contributed by atoms with Gasteiger partial charge in [-0.15, -0.1) is 0 Å². The lowest BCUT2D eigenvalue weighted by Crippen LogP contribution is -2.59. The molecule has 1 saturated carbocycles. The second kappa shape index (κ2) is 4.65. The van der Waals surface area contributed by atoms with Crippen molar-refractivity contribution in [1.29, 1.82) is 0 Å². The number of halogens is 1. The van der Waals surface area contributed by atoms with Gasteiger partial charge in [0.25, 0.3) is 0 Å². The first kappa shape index (κ1) is 11.0. The Morgan fingerprint density at radius 2 is 1.88 bits per heavy atom. The normalized spacial score (nSPS) is 28.9. The van der Waals surface area contributed by atoms with Crippen LogP contribution < -0.4 is 10.2 Å². The summed E-state index contributed by atoms with van der Waals surface area (Å²) in [5.74, 6) is -0.149. The van der Waals surface area contributed by atoms with Crippen LogP contribution in [0.3, 0.4) is 0 Å². The lowest BCUT2D eigenvalue weighted by Gasteiger charge is -2.46. The zero-order chi connectivity index (χ0) is 11.7. The van der Waals surface area contributed by atoms with Crippen molar-refractivity contribution in [2.45, 2.75) is 37.8 Å². The predicted octanol–water partition coefficient (Wildman–Crippen LogP) is 2.55. The van der Waals surface area contributed by atoms with Crippen LogP contribution in [0.25, 0.3) is 0 Å². The van der Waals surface area contributed by atoms with Gasteiger partial charge in [0.15, 0.2) is 0 Å². The van der Waals surface area contributed by atoms with Crippen LogP contribution >= 0.6 is 0 Å². The van der Waals surface area contributed by atoms with Gasteiger partial charge in [-0.3, -0.25) is 0 Å². The van der Waals surface area contributed by atoms with Gasteiger partial charge in [-0.2, -0.15) is 0 Å². The van der Waals surface area contributed by atoms with Crippen molar-refractivity contribution in [1.82, 2.24) is 5.32 Å². The number of anilines is 1. The summed E-state index contributed by atoms with van der Waals surface area (Å²) in [6.45, 7) is 2.07. The zero-order valence-electron chi connectivity index (χ0n) is 10.0. The van der Waals surface area contributed by atoms with Crippen LogP contribution in [0.1, 0.15) is 25.7 Å². The molecule has 0 unspecified atom stereocenters. The van der Waals surface area contributed by atoms with E-state index in [1.807, 2.05) is 12.1 Å². The minimum atomic E-state index is -0.149. The molecule has 0 bridgehead atoms. The quantitative estimate of drug-likeness (QED) is 0.803. The van der Waals surface area contributed by atoms with Crippen LogP contribution in [0.2, 0.25) is 0 Å². The van der Waals surface area contributed by atoms with Crippen molar-refractivity contribution in [2.75, 3.05) is 18.0 Å². The molecule has 3 rings (SSSR count). The third-order valence-corrected chi connectivity index (χ3v) is 4.05. The minimum Gasteiger partial charge on any atom is -0.366 e. The molecule has 3 heteroatoms. The number of piperazine rings is 1. The van der Waals surface area contributed by atoms with E-state index in [0.29, 0.717) is 12.1 Å². The first-order chi connectivity index (χ1) is 8.34. The third-order valence-electron chi connectivity index (χ3n) is 4.05. The topological polar surface area (TPSA) is 15.3 Å². The molecule has 2 nitrogen and oxygen atoms in total. The van der Waals surface area contributed by atoms with E-state index in [9.17, 15) is 4.39 Å². The van der Waals surface area contributed by atoms with Gasteiger partial charge in [-0.25, -0.2) is 4.39 Å². The summed E-state index contributed by atoms with van der Waals surface area (Å²) in [4.78, 5) is 2.46. The molecule has 92 valence electrons. The highest BCUT2D eigenvalue weighted by Crippen LogP contribution is 2.29. The van der Waals surface area contributed by atoms with Crippen LogP contribution in [0, 0.1) is 5.82 Å². The molecular formula is C14H19FN2. The number of nitrogens with one attached hydrogen (secondary N) is 1. The van der Waals surface area contributed by atoms with E-state index in [0.717, 1.165) is 13.1 Å². The van der Waals surface area contributed by atoms with Crippen LogP contribution in [0.5, 0.6) is 0 Å². The largest absolute Gasteiger partial charge is 0.366 e. The maximum Gasteiger partial charge on any atom is 0.123 e. The number of benzene rings is 1. The highest BCUT2D eigenvalue weighted by molar-refractivity contribution is 5.48. The molecule has 1 aliphatic heterocycles. The van der Waals surface area contributed by atoms with E-state index < -0.39 is 0 Å². The monoisotopic (exact) mass is 234 g/mol. The fourth-order valence-electron chi connectivity index (χ4n) is 3.21. The Morgan fingerprint density at radius 3 is 2.71 bits per heavy atom. The first-order valence-corrected chi connectivity index (χ1v) is 6.60. The van der Waals surface area contributed by atoms with Crippen molar-refractivity contribution in [3.05, 3.63) is 30.1 Å². The van der Waals surface area contributed by atoms with Gasteiger partial charge in [-0.1, -0.05) is 12.8 Å². The second-order valence-electron chi connectivity index (χ2n) is 5.08. The smallest absolute Gasteiger partial charge is 0.123 e. The summed E-state index contributed by atoms with van der Waals surface area (Å²) in [7, 11) is 0. The Hall–Kier alpha value is -1.09. The second-order valence-corrected chi connectivity index (χ2v) is 5.08. The molecule has 1 N–H and O–H groups in total. The number of hydrogen-bond donors (Lipinski definition) is 1. The number of hydrogen-bond acceptors (Lipinski definition) is 2. The minimum absolute atomic E-state index is 0.149. The maximum absolute atomic E-state index is 13.0. The third kappa shape index (κ3) is 2.16. The average molecular weight is 234 g/mol. The Morgan fingerprint density at radius 1 is 1.12 bits per heavy atom. The van der Waals surface area contributed by atoms with Crippen LogP contribution in [0.4, 0.5) is 10.1 Å². The molecule has 1 aromatic carbocycles. The summed E-state index contributed by atoms with van der Waals surface area (Å²) in [5, 5.41) is 3.62. The summed E-state index contributed by atoms with van der Waals surface area (Å²) >= 11 is 0. The highest BCUT2D eigenvalue weighted by Gasteiger charge is 2.32. The molecule has 2 fully saturated rings. The Balaban J connectivity index is 1.83. The number of rotatable bonds is 1. The Labute approximate surface area is 102 Å². The van der Waals surface area contributed by atoms with E-state index in [4.69, 9.17) is 0 Å². The molecule has 1 heterocycles. The van der Waals surface area contributed by atoms with Crippen LogP contribution in [-0.4, -0.2) is 25.2 Å². The van der Waals surface area contributed by atoms with Crippen molar-refractivity contribution >= 4 is 5.69 Å². The fourth-order valence-corrected chi connectivity index (χ4v) is 3.21. The van der Waals surface area contributed by atoms with Crippen molar-refractivity contribution in [3.8, 4) is 0 Å². The molecule has 0 aromatic heterocycles. The van der Waals surface area contributed by atoms with E-state index >= 15 is 0 Å². The Bertz CT molecular complexity index is 374. The molecule has 1 aliphatic carbocycles. The number of fused-ring (bicyclic) bond motifs is 1. The van der Waals surface area contributed by atoms with E-state index in [1.54, 1.807) is 12.1 Å². The summed E-state index contributed by atoms with van der Waals surface area (Å²) < 4.78 is 13.0. The van der Waals surface area contributed by atoms with Gasteiger partial charge in [0.1, 0.15) is 5.82 Å². The molecule has 1 aromatic rings. The standard InChI is InChI=1S/C14H19FN2/c15-11-5-7-12(8-6-11)17-10-9-16-13-3-1-2-4-14(13)17/h5-8,13-14,16H,1-4,9-10H2/t13-,14-/m1/s1. The van der Waals surface area contributed by atoms with Crippen molar-refractivity contribution in [3.63, 3.8) is 0 Å². The van der Waals surface area contributed by atoms with Gasteiger partial charge in [-0.05, 0) is 37.1 Å². The Kier molecular flexibility index (Phi) is 3.02. The molecule has 2 atom stereocenters. The van der Waals surface area contributed by atoms with E-state index in [2.05, 4.69) is 10.2 Å². The molecule has 0 radical (unpaired) electrons. The first-order valence-electron chi connectivity index (χ1n) is 6.60. The van der Waals surface area contributed by atoms with Gasteiger partial charge in [0, 0.05) is 30.9 Å². The van der Waals surface area contributed by atoms with E-state index in [1.165, 1.54) is 31.4 Å². The lowest BCUT2D eigenvalue weighted by atomic mass is 9.87. The van der Waals surface area contributed by atoms with Gasteiger partial charge < -0.3 is 10.2 Å². The zero-order valence-corrected chi connectivity index (χ0v) is 10.0. The summed E-state index contributed by atoms with van der Waals surface area (Å²) in [6, 6.07) is 8.17. The van der Waals surface area contributed by atoms with Crippen molar-refractivity contribution < 1.29 is 4.39 Å². The highest BCUT2D eigenvalue weighted by atomic mass is 19.1. The molecular weight excluding hydrogens is 215 g/mol. The fraction of sp³-hybridized carbons (Fsp3) is 0.571. The summed E-state index contributed by atoms with van der Waals surface area (Å²) in [6.07, 6.45) is 5.20. The molecule has 17 heavy (non-hydrogen) atoms.